The van der Waals surface area contributed by atoms with Gasteiger partial charge in [0.2, 0.25) is 16.0 Å². The summed E-state index contributed by atoms with van der Waals surface area (Å²) in [6.45, 7) is 4.45. The Kier molecular flexibility index (Phi) is 3.33. The van der Waals surface area contributed by atoms with Gasteiger partial charge in [0.05, 0.1) is 5.69 Å². The van der Waals surface area contributed by atoms with E-state index in [-0.39, 0.29) is 10.9 Å². The fourth-order valence-corrected chi connectivity index (χ4v) is 1.83. The number of carbonyl (C=O) groups excluding carboxylic acids is 1. The van der Waals surface area contributed by atoms with Crippen LogP contribution in [-0.2, 0) is 0 Å². The first-order chi connectivity index (χ1) is 8.19. The van der Waals surface area contributed by atoms with Crippen LogP contribution in [0.4, 0.5) is 11.0 Å². The maximum Gasteiger partial charge on any atom is 0.289 e. The van der Waals surface area contributed by atoms with Crippen molar-refractivity contribution in [3.63, 3.8) is 0 Å². The lowest BCUT2D eigenvalue weighted by Crippen LogP contribution is -2.10. The molecule has 0 aromatic carbocycles. The van der Waals surface area contributed by atoms with Gasteiger partial charge in [0.15, 0.2) is 0 Å². The highest BCUT2D eigenvalue weighted by atomic mass is 32.1. The van der Waals surface area contributed by atoms with Gasteiger partial charge in [-0.2, -0.15) is 0 Å². The third-order valence-electron chi connectivity index (χ3n) is 1.81. The van der Waals surface area contributed by atoms with Gasteiger partial charge in [-0.15, -0.1) is 10.2 Å². The zero-order valence-electron chi connectivity index (χ0n) is 9.35. The van der Waals surface area contributed by atoms with Crippen molar-refractivity contribution in [1.29, 1.82) is 0 Å². The molecule has 2 heterocycles. The lowest BCUT2D eigenvalue weighted by atomic mass is 10.5. The zero-order valence-corrected chi connectivity index (χ0v) is 10.2. The highest BCUT2D eigenvalue weighted by molar-refractivity contribution is 7.17. The molecule has 0 aliphatic carbocycles. The summed E-state index contributed by atoms with van der Waals surface area (Å²) in [5.74, 6) is -0.0597. The second kappa shape index (κ2) is 4.91. The number of hydrogen-bond acceptors (Lipinski definition) is 7. The Morgan fingerprint density at radius 2 is 2.35 bits per heavy atom. The number of nitrogens with zero attached hydrogens (tertiary/aromatic N) is 3. The summed E-state index contributed by atoms with van der Waals surface area (Å²) in [6, 6.07) is 1.63. The first-order valence-corrected chi connectivity index (χ1v) is 5.82. The van der Waals surface area contributed by atoms with Crippen molar-refractivity contribution in [2.45, 2.75) is 13.8 Å². The molecule has 0 saturated carbocycles. The van der Waals surface area contributed by atoms with E-state index in [1.165, 1.54) is 11.3 Å². The van der Waals surface area contributed by atoms with Gasteiger partial charge in [-0.25, -0.2) is 0 Å². The molecule has 0 saturated heterocycles. The number of amides is 1. The van der Waals surface area contributed by atoms with Crippen LogP contribution in [0, 0.1) is 6.92 Å². The van der Waals surface area contributed by atoms with E-state index in [2.05, 4.69) is 26.0 Å². The van der Waals surface area contributed by atoms with E-state index in [4.69, 9.17) is 4.52 Å². The van der Waals surface area contributed by atoms with Crippen molar-refractivity contribution in [3.05, 3.63) is 16.8 Å². The van der Waals surface area contributed by atoms with Crippen molar-refractivity contribution in [1.82, 2.24) is 15.4 Å². The monoisotopic (exact) mass is 253 g/mol. The first kappa shape index (κ1) is 11.5. The molecule has 0 radical (unpaired) electrons. The Morgan fingerprint density at radius 1 is 1.53 bits per heavy atom. The number of aromatic nitrogens is 3. The van der Waals surface area contributed by atoms with Crippen molar-refractivity contribution in [2.75, 3.05) is 17.2 Å². The van der Waals surface area contributed by atoms with Crippen LogP contribution in [0.2, 0.25) is 0 Å². The van der Waals surface area contributed by atoms with Gasteiger partial charge < -0.3 is 9.84 Å². The van der Waals surface area contributed by atoms with Gasteiger partial charge in [0, 0.05) is 12.6 Å². The van der Waals surface area contributed by atoms with Crippen molar-refractivity contribution < 1.29 is 9.32 Å². The molecule has 0 aliphatic heterocycles. The summed E-state index contributed by atoms with van der Waals surface area (Å²) in [7, 11) is 0. The van der Waals surface area contributed by atoms with Gasteiger partial charge >= 0.3 is 0 Å². The summed E-state index contributed by atoms with van der Waals surface area (Å²) in [5, 5.41) is 17.7. The van der Waals surface area contributed by atoms with E-state index in [0.29, 0.717) is 16.7 Å². The highest BCUT2D eigenvalue weighted by Gasteiger charge is 2.14. The SMILES string of the molecule is CCNc1nnc(C(=O)Nc2cc(C)no2)s1. The smallest absolute Gasteiger partial charge is 0.289 e. The summed E-state index contributed by atoms with van der Waals surface area (Å²) in [5.41, 5.74) is 0.700. The average molecular weight is 253 g/mol. The molecular formula is C9H11N5O2S. The predicted octanol–water partition coefficient (Wildman–Crippen LogP) is 1.52. The first-order valence-electron chi connectivity index (χ1n) is 5.01. The van der Waals surface area contributed by atoms with Gasteiger partial charge in [0.1, 0.15) is 0 Å². The van der Waals surface area contributed by atoms with Gasteiger partial charge in [-0.05, 0) is 13.8 Å². The second-order valence-electron chi connectivity index (χ2n) is 3.23. The van der Waals surface area contributed by atoms with Crippen LogP contribution in [-0.4, -0.2) is 27.8 Å². The average Bonchev–Trinajstić information content (AvgIpc) is 2.88. The maximum absolute atomic E-state index is 11.7. The Labute approximate surface area is 101 Å². The molecule has 8 heteroatoms. The zero-order chi connectivity index (χ0) is 12.3. The fraction of sp³-hybridized carbons (Fsp3) is 0.333. The van der Waals surface area contributed by atoms with Gasteiger partial charge in [-0.3, -0.25) is 10.1 Å². The van der Waals surface area contributed by atoms with E-state index >= 15 is 0 Å². The summed E-state index contributed by atoms with van der Waals surface area (Å²) < 4.78 is 4.87. The fourth-order valence-electron chi connectivity index (χ4n) is 1.13. The number of carbonyl (C=O) groups is 1. The van der Waals surface area contributed by atoms with Crippen molar-refractivity contribution in [2.24, 2.45) is 0 Å². The highest BCUT2D eigenvalue weighted by Crippen LogP contribution is 2.17. The Morgan fingerprint density at radius 3 is 3.00 bits per heavy atom. The maximum atomic E-state index is 11.7. The molecule has 17 heavy (non-hydrogen) atoms. The van der Waals surface area contributed by atoms with Crippen molar-refractivity contribution >= 4 is 28.3 Å². The molecule has 0 atom stereocenters. The Bertz CT molecular complexity index is 521. The number of nitrogens with one attached hydrogen (secondary N) is 2. The summed E-state index contributed by atoms with van der Waals surface area (Å²) in [6.07, 6.45) is 0. The lowest BCUT2D eigenvalue weighted by molar-refractivity contribution is 0.102. The minimum Gasteiger partial charge on any atom is -0.360 e. The van der Waals surface area contributed by atoms with Crippen LogP contribution in [0.3, 0.4) is 0 Å². The van der Waals surface area contributed by atoms with Gasteiger partial charge in [-0.1, -0.05) is 16.5 Å². The third kappa shape index (κ3) is 2.78. The number of hydrogen-bond donors (Lipinski definition) is 2. The van der Waals surface area contributed by atoms with Crippen LogP contribution in [0.25, 0.3) is 0 Å². The number of anilines is 2. The second-order valence-corrected chi connectivity index (χ2v) is 4.21. The molecule has 2 rings (SSSR count). The van der Waals surface area contributed by atoms with Crippen LogP contribution in [0.1, 0.15) is 22.4 Å². The van der Waals surface area contributed by atoms with Crippen LogP contribution >= 0.6 is 11.3 Å². The van der Waals surface area contributed by atoms with E-state index in [0.717, 1.165) is 6.54 Å². The normalized spacial score (nSPS) is 10.2. The van der Waals surface area contributed by atoms with E-state index < -0.39 is 0 Å². The summed E-state index contributed by atoms with van der Waals surface area (Å²) >= 11 is 1.18. The van der Waals surface area contributed by atoms with Gasteiger partial charge in [0.25, 0.3) is 5.91 Å². The standard InChI is InChI=1S/C9H11N5O2S/c1-3-10-9-13-12-8(17-9)7(15)11-6-4-5(2)14-16-6/h4H,3H2,1-2H3,(H,10,13)(H,11,15). The Hall–Kier alpha value is -1.96. The van der Waals surface area contributed by atoms with Crippen LogP contribution < -0.4 is 10.6 Å². The molecular weight excluding hydrogens is 242 g/mol. The molecule has 2 aromatic heterocycles. The van der Waals surface area contributed by atoms with Crippen molar-refractivity contribution in [3.8, 4) is 0 Å². The Balaban J connectivity index is 2.03. The molecule has 0 aliphatic rings. The predicted molar refractivity (Wildman–Crippen MR) is 63.3 cm³/mol. The molecule has 90 valence electrons. The largest absolute Gasteiger partial charge is 0.360 e. The van der Waals surface area contributed by atoms with Crippen LogP contribution in [0.15, 0.2) is 10.6 Å². The molecule has 2 N–H and O–H groups in total. The molecule has 0 unspecified atom stereocenters. The molecule has 0 spiro atoms. The lowest BCUT2D eigenvalue weighted by Gasteiger charge is -1.95. The van der Waals surface area contributed by atoms with Crippen LogP contribution in [0.5, 0.6) is 0 Å². The number of aryl methyl sites for hydroxylation is 1. The molecule has 1 amide bonds. The topological polar surface area (TPSA) is 92.9 Å². The van der Waals surface area contributed by atoms with E-state index in [1.807, 2.05) is 6.92 Å². The quantitative estimate of drug-likeness (QED) is 0.858. The molecule has 2 aromatic rings. The van der Waals surface area contributed by atoms with E-state index in [1.54, 1.807) is 13.0 Å². The van der Waals surface area contributed by atoms with E-state index in [9.17, 15) is 4.79 Å². The minimum absolute atomic E-state index is 0.273. The number of rotatable bonds is 4. The summed E-state index contributed by atoms with van der Waals surface area (Å²) in [4.78, 5) is 11.7. The third-order valence-corrected chi connectivity index (χ3v) is 2.69. The molecule has 7 nitrogen and oxygen atoms in total. The molecule has 0 fully saturated rings. The molecule has 0 bridgehead atoms. The minimum atomic E-state index is -0.359.